The van der Waals surface area contributed by atoms with Crippen LogP contribution < -0.4 is 10.1 Å². The molecular formula is C23H25NO. The summed E-state index contributed by atoms with van der Waals surface area (Å²) < 4.78 is 6.05. The second-order valence-electron chi connectivity index (χ2n) is 6.13. The number of rotatable bonds is 8. The Morgan fingerprint density at radius 2 is 1.44 bits per heavy atom. The molecule has 0 saturated heterocycles. The second-order valence-corrected chi connectivity index (χ2v) is 6.13. The van der Waals surface area contributed by atoms with Gasteiger partial charge < -0.3 is 10.1 Å². The Bertz CT molecular complexity index is 755. The summed E-state index contributed by atoms with van der Waals surface area (Å²) in [6.45, 7) is 3.59. The molecule has 0 saturated carbocycles. The molecule has 0 fully saturated rings. The highest BCUT2D eigenvalue weighted by atomic mass is 16.5. The Labute approximate surface area is 150 Å². The van der Waals surface area contributed by atoms with Crippen molar-refractivity contribution in [3.63, 3.8) is 0 Å². The summed E-state index contributed by atoms with van der Waals surface area (Å²) in [7, 11) is 0. The minimum Gasteiger partial charge on any atom is -0.489 e. The maximum Gasteiger partial charge on any atom is 0.124 e. The molecule has 0 aliphatic heterocycles. The van der Waals surface area contributed by atoms with E-state index >= 15 is 0 Å². The molecule has 3 aromatic rings. The van der Waals surface area contributed by atoms with Crippen molar-refractivity contribution in [3.05, 3.63) is 102 Å². The Morgan fingerprint density at radius 1 is 0.800 bits per heavy atom. The zero-order valence-corrected chi connectivity index (χ0v) is 14.7. The van der Waals surface area contributed by atoms with E-state index in [1.165, 1.54) is 16.7 Å². The van der Waals surface area contributed by atoms with Crippen molar-refractivity contribution in [1.29, 1.82) is 0 Å². The van der Waals surface area contributed by atoms with Crippen LogP contribution in [0.1, 0.15) is 36.1 Å². The topological polar surface area (TPSA) is 21.3 Å². The number of hydrogen-bond donors (Lipinski definition) is 1. The van der Waals surface area contributed by atoms with Gasteiger partial charge in [0.2, 0.25) is 0 Å². The molecule has 0 aliphatic rings. The molecule has 2 heteroatoms. The Morgan fingerprint density at radius 3 is 2.16 bits per heavy atom. The van der Waals surface area contributed by atoms with Crippen molar-refractivity contribution >= 4 is 0 Å². The van der Waals surface area contributed by atoms with Gasteiger partial charge in [-0.3, -0.25) is 0 Å². The van der Waals surface area contributed by atoms with Gasteiger partial charge in [0.25, 0.3) is 0 Å². The second kappa shape index (κ2) is 9.05. The average Bonchev–Trinajstić information content (AvgIpc) is 2.69. The molecule has 128 valence electrons. The molecule has 1 atom stereocenters. The fourth-order valence-corrected chi connectivity index (χ4v) is 2.94. The lowest BCUT2D eigenvalue weighted by atomic mass is 10.0. The highest BCUT2D eigenvalue weighted by Gasteiger charge is 2.10. The van der Waals surface area contributed by atoms with Crippen molar-refractivity contribution in [1.82, 2.24) is 5.32 Å². The van der Waals surface area contributed by atoms with Crippen LogP contribution >= 0.6 is 0 Å². The van der Waals surface area contributed by atoms with E-state index in [1.807, 2.05) is 30.3 Å². The zero-order valence-electron chi connectivity index (χ0n) is 14.7. The summed E-state index contributed by atoms with van der Waals surface area (Å²) >= 11 is 0. The average molecular weight is 331 g/mol. The molecule has 0 aromatic heterocycles. The van der Waals surface area contributed by atoms with Gasteiger partial charge in [-0.25, -0.2) is 0 Å². The minimum absolute atomic E-state index is 0.350. The van der Waals surface area contributed by atoms with E-state index in [0.29, 0.717) is 12.6 Å². The first kappa shape index (κ1) is 17.2. The Hall–Kier alpha value is -2.58. The van der Waals surface area contributed by atoms with Gasteiger partial charge in [0.15, 0.2) is 0 Å². The lowest BCUT2D eigenvalue weighted by Gasteiger charge is -2.19. The predicted octanol–water partition coefficient (Wildman–Crippen LogP) is 5.51. The number of nitrogens with one attached hydrogen (secondary N) is 1. The molecule has 0 spiro atoms. The highest BCUT2D eigenvalue weighted by Crippen LogP contribution is 2.22. The van der Waals surface area contributed by atoms with Gasteiger partial charge in [0, 0.05) is 18.2 Å². The molecular weight excluding hydrogens is 306 g/mol. The first-order chi connectivity index (χ1) is 12.4. The number of ether oxygens (including phenoxy) is 1. The van der Waals surface area contributed by atoms with E-state index in [4.69, 9.17) is 4.74 Å². The van der Waals surface area contributed by atoms with E-state index in [9.17, 15) is 0 Å². The molecule has 0 radical (unpaired) electrons. The van der Waals surface area contributed by atoms with Gasteiger partial charge >= 0.3 is 0 Å². The molecule has 1 unspecified atom stereocenters. The molecule has 25 heavy (non-hydrogen) atoms. The number of benzene rings is 3. The first-order valence-electron chi connectivity index (χ1n) is 8.89. The van der Waals surface area contributed by atoms with Crippen LogP contribution in [0.25, 0.3) is 0 Å². The standard InChI is InChI=1S/C23H25NO/c1-2-22(20-13-7-4-8-14-20)24-17-21-15-9-10-16-23(21)25-18-19-11-5-3-6-12-19/h3-16,22,24H,2,17-18H2,1H3. The van der Waals surface area contributed by atoms with Crippen LogP contribution in [0.3, 0.4) is 0 Å². The maximum atomic E-state index is 6.05. The summed E-state index contributed by atoms with van der Waals surface area (Å²) in [4.78, 5) is 0. The van der Waals surface area contributed by atoms with Crippen LogP contribution in [0, 0.1) is 0 Å². The molecule has 2 nitrogen and oxygen atoms in total. The molecule has 0 aliphatic carbocycles. The van der Waals surface area contributed by atoms with Gasteiger partial charge in [-0.15, -0.1) is 0 Å². The predicted molar refractivity (Wildman–Crippen MR) is 104 cm³/mol. The monoisotopic (exact) mass is 331 g/mol. The van der Waals surface area contributed by atoms with Crippen LogP contribution in [0.5, 0.6) is 5.75 Å². The maximum absolute atomic E-state index is 6.05. The van der Waals surface area contributed by atoms with Crippen molar-refractivity contribution in [3.8, 4) is 5.75 Å². The van der Waals surface area contributed by atoms with Crippen LogP contribution in [0.15, 0.2) is 84.9 Å². The Balaban J connectivity index is 1.64. The van der Waals surface area contributed by atoms with Crippen LogP contribution in [0.4, 0.5) is 0 Å². The van der Waals surface area contributed by atoms with Gasteiger partial charge in [0.05, 0.1) is 0 Å². The molecule has 0 amide bonds. The molecule has 1 N–H and O–H groups in total. The fraction of sp³-hybridized carbons (Fsp3) is 0.217. The van der Waals surface area contributed by atoms with Gasteiger partial charge in [-0.05, 0) is 23.6 Å². The summed E-state index contributed by atoms with van der Waals surface area (Å²) in [6, 6.07) is 29.5. The van der Waals surface area contributed by atoms with E-state index in [0.717, 1.165) is 18.7 Å². The molecule has 0 bridgehead atoms. The summed E-state index contributed by atoms with van der Waals surface area (Å²) in [5.41, 5.74) is 3.70. The first-order valence-corrected chi connectivity index (χ1v) is 8.89. The third kappa shape index (κ3) is 4.94. The summed E-state index contributed by atoms with van der Waals surface area (Å²) in [6.07, 6.45) is 1.05. The third-order valence-electron chi connectivity index (χ3n) is 4.36. The lowest BCUT2D eigenvalue weighted by molar-refractivity contribution is 0.301. The Kier molecular flexibility index (Phi) is 6.24. The van der Waals surface area contributed by atoms with E-state index in [1.54, 1.807) is 0 Å². The van der Waals surface area contributed by atoms with Crippen molar-refractivity contribution in [2.75, 3.05) is 0 Å². The van der Waals surface area contributed by atoms with Gasteiger partial charge in [-0.2, -0.15) is 0 Å². The van der Waals surface area contributed by atoms with Crippen molar-refractivity contribution in [2.24, 2.45) is 0 Å². The normalized spacial score (nSPS) is 11.9. The van der Waals surface area contributed by atoms with Crippen LogP contribution in [0.2, 0.25) is 0 Å². The molecule has 0 heterocycles. The van der Waals surface area contributed by atoms with E-state index < -0.39 is 0 Å². The lowest BCUT2D eigenvalue weighted by Crippen LogP contribution is -2.20. The van der Waals surface area contributed by atoms with E-state index in [-0.39, 0.29) is 0 Å². The number of para-hydroxylation sites is 1. The smallest absolute Gasteiger partial charge is 0.124 e. The summed E-state index contributed by atoms with van der Waals surface area (Å²) in [5, 5.41) is 3.66. The van der Waals surface area contributed by atoms with Crippen LogP contribution in [-0.4, -0.2) is 0 Å². The minimum atomic E-state index is 0.350. The van der Waals surface area contributed by atoms with Gasteiger partial charge in [0.1, 0.15) is 12.4 Å². The SMILES string of the molecule is CCC(NCc1ccccc1OCc1ccccc1)c1ccccc1. The van der Waals surface area contributed by atoms with Crippen molar-refractivity contribution in [2.45, 2.75) is 32.5 Å². The quantitative estimate of drug-likeness (QED) is 0.588. The third-order valence-corrected chi connectivity index (χ3v) is 4.36. The van der Waals surface area contributed by atoms with Crippen molar-refractivity contribution < 1.29 is 4.74 Å². The van der Waals surface area contributed by atoms with Gasteiger partial charge in [-0.1, -0.05) is 85.8 Å². The fourth-order valence-electron chi connectivity index (χ4n) is 2.94. The van der Waals surface area contributed by atoms with E-state index in [2.05, 4.69) is 66.8 Å². The molecule has 3 rings (SSSR count). The van der Waals surface area contributed by atoms with Crippen LogP contribution in [-0.2, 0) is 13.2 Å². The summed E-state index contributed by atoms with van der Waals surface area (Å²) in [5.74, 6) is 0.946. The highest BCUT2D eigenvalue weighted by molar-refractivity contribution is 5.34. The molecule has 3 aromatic carbocycles. The number of hydrogen-bond acceptors (Lipinski definition) is 2. The zero-order chi connectivity index (χ0) is 17.3. The largest absolute Gasteiger partial charge is 0.489 e.